The Hall–Kier alpha value is -3.03. The van der Waals surface area contributed by atoms with Gasteiger partial charge in [-0.25, -0.2) is 0 Å². The number of aromatic nitrogens is 2. The Morgan fingerprint density at radius 2 is 1.71 bits per heavy atom. The number of nitrogens with one attached hydrogen (secondary N) is 2. The number of hydrogen-bond donors (Lipinski definition) is 3. The molecule has 0 saturated carbocycles. The molecule has 1 heterocycles. The molecule has 1 aromatic carbocycles. The van der Waals surface area contributed by atoms with E-state index in [9.17, 15) is 14.4 Å². The summed E-state index contributed by atoms with van der Waals surface area (Å²) in [5.74, 6) is -2.18. The molecule has 0 aliphatic carbocycles. The van der Waals surface area contributed by atoms with Crippen molar-refractivity contribution in [3.05, 3.63) is 36.2 Å². The van der Waals surface area contributed by atoms with E-state index in [-0.39, 0.29) is 6.54 Å². The topological polar surface area (TPSA) is 121 Å². The van der Waals surface area contributed by atoms with Crippen molar-refractivity contribution in [2.45, 2.75) is 0 Å². The van der Waals surface area contributed by atoms with E-state index in [4.69, 9.17) is 5.11 Å². The Kier molecular flexibility index (Phi) is 4.39. The van der Waals surface area contributed by atoms with E-state index in [2.05, 4.69) is 20.6 Å². The molecule has 0 radical (unpaired) electrons. The zero-order chi connectivity index (χ0) is 15.2. The first-order valence-electron chi connectivity index (χ1n) is 6.04. The maximum Gasteiger partial charge on any atom is 0.322 e. The van der Waals surface area contributed by atoms with Crippen LogP contribution in [-0.2, 0) is 9.59 Å². The van der Waals surface area contributed by atoms with Crippen LogP contribution in [0.1, 0.15) is 10.4 Å². The third kappa shape index (κ3) is 3.96. The van der Waals surface area contributed by atoms with Crippen molar-refractivity contribution in [1.29, 1.82) is 0 Å². The van der Waals surface area contributed by atoms with Crippen molar-refractivity contribution >= 4 is 28.8 Å². The van der Waals surface area contributed by atoms with Crippen molar-refractivity contribution in [1.82, 2.24) is 20.6 Å². The van der Waals surface area contributed by atoms with E-state index in [1.807, 2.05) is 0 Å². The molecule has 21 heavy (non-hydrogen) atoms. The van der Waals surface area contributed by atoms with Crippen LogP contribution in [0, 0.1) is 0 Å². The van der Waals surface area contributed by atoms with Gasteiger partial charge in [0.05, 0.1) is 17.6 Å². The average Bonchev–Trinajstić information content (AvgIpc) is 2.50. The van der Waals surface area contributed by atoms with Gasteiger partial charge in [0, 0.05) is 18.0 Å². The van der Waals surface area contributed by atoms with Gasteiger partial charge in [-0.1, -0.05) is 0 Å². The van der Waals surface area contributed by atoms with Gasteiger partial charge in [0.2, 0.25) is 5.91 Å². The minimum Gasteiger partial charge on any atom is -0.480 e. The van der Waals surface area contributed by atoms with Crippen molar-refractivity contribution in [3.63, 3.8) is 0 Å². The summed E-state index contributed by atoms with van der Waals surface area (Å²) in [6.45, 7) is -0.787. The third-order valence-corrected chi connectivity index (χ3v) is 2.58. The molecule has 0 unspecified atom stereocenters. The SMILES string of the molecule is O=C(O)CNC(=O)CNC(=O)c1ccc2nccnc2c1. The fraction of sp³-hybridized carbons (Fsp3) is 0.154. The molecule has 0 spiro atoms. The highest BCUT2D eigenvalue weighted by atomic mass is 16.4. The molecule has 108 valence electrons. The van der Waals surface area contributed by atoms with Gasteiger partial charge in [-0.05, 0) is 18.2 Å². The van der Waals surface area contributed by atoms with Gasteiger partial charge in [0.25, 0.3) is 5.91 Å². The van der Waals surface area contributed by atoms with Gasteiger partial charge in [-0.2, -0.15) is 0 Å². The molecule has 2 amide bonds. The number of aliphatic carboxylic acids is 1. The van der Waals surface area contributed by atoms with Gasteiger partial charge < -0.3 is 15.7 Å². The Labute approximate surface area is 119 Å². The molecule has 0 bridgehead atoms. The van der Waals surface area contributed by atoms with Crippen molar-refractivity contribution in [3.8, 4) is 0 Å². The molecule has 3 N–H and O–H groups in total. The number of hydrogen-bond acceptors (Lipinski definition) is 5. The standard InChI is InChI=1S/C13H12N4O4/c18-11(16-7-12(19)20)6-17-13(21)8-1-2-9-10(5-8)15-4-3-14-9/h1-5H,6-7H2,(H,16,18)(H,17,21)(H,19,20). The van der Waals surface area contributed by atoms with E-state index in [0.29, 0.717) is 16.6 Å². The number of amides is 2. The fourth-order valence-electron chi connectivity index (χ4n) is 1.60. The lowest BCUT2D eigenvalue weighted by Gasteiger charge is -2.06. The first-order chi connectivity index (χ1) is 10.1. The molecule has 2 rings (SSSR count). The summed E-state index contributed by atoms with van der Waals surface area (Å²) in [5, 5.41) is 12.9. The van der Waals surface area contributed by atoms with Crippen LogP contribution in [0.2, 0.25) is 0 Å². The second-order valence-corrected chi connectivity index (χ2v) is 4.11. The predicted molar refractivity (Wildman–Crippen MR) is 72.5 cm³/mol. The molecular weight excluding hydrogens is 276 g/mol. The second kappa shape index (κ2) is 6.42. The number of carbonyl (C=O) groups is 3. The van der Waals surface area contributed by atoms with Gasteiger partial charge in [0.15, 0.2) is 0 Å². The molecule has 2 aromatic rings. The number of carbonyl (C=O) groups excluding carboxylic acids is 2. The van der Waals surface area contributed by atoms with Gasteiger partial charge in [-0.15, -0.1) is 0 Å². The maximum atomic E-state index is 11.9. The third-order valence-electron chi connectivity index (χ3n) is 2.58. The van der Waals surface area contributed by atoms with E-state index in [0.717, 1.165) is 0 Å². The second-order valence-electron chi connectivity index (χ2n) is 4.11. The van der Waals surface area contributed by atoms with Crippen LogP contribution in [0.4, 0.5) is 0 Å². The largest absolute Gasteiger partial charge is 0.480 e. The maximum absolute atomic E-state index is 11.9. The first kappa shape index (κ1) is 14.4. The molecule has 0 atom stereocenters. The summed E-state index contributed by atoms with van der Waals surface area (Å²) >= 11 is 0. The zero-order valence-electron chi connectivity index (χ0n) is 10.9. The Balaban J connectivity index is 1.95. The average molecular weight is 288 g/mol. The van der Waals surface area contributed by atoms with E-state index in [1.165, 1.54) is 6.20 Å². The quantitative estimate of drug-likeness (QED) is 0.685. The van der Waals surface area contributed by atoms with Crippen LogP contribution in [0.25, 0.3) is 11.0 Å². The van der Waals surface area contributed by atoms with Gasteiger partial charge in [-0.3, -0.25) is 24.4 Å². The van der Waals surface area contributed by atoms with Crippen LogP contribution in [-0.4, -0.2) is 45.9 Å². The molecule has 8 heteroatoms. The minimum absolute atomic E-state index is 0.301. The van der Waals surface area contributed by atoms with E-state index in [1.54, 1.807) is 24.4 Å². The van der Waals surface area contributed by atoms with Crippen LogP contribution in [0.3, 0.4) is 0 Å². The summed E-state index contributed by atoms with van der Waals surface area (Å²) < 4.78 is 0. The molecule has 0 aliphatic rings. The Bertz CT molecular complexity index is 701. The summed E-state index contributed by atoms with van der Waals surface area (Å²) in [4.78, 5) is 41.6. The lowest BCUT2D eigenvalue weighted by Crippen LogP contribution is -2.39. The Morgan fingerprint density at radius 3 is 2.43 bits per heavy atom. The van der Waals surface area contributed by atoms with Crippen LogP contribution in [0.5, 0.6) is 0 Å². The molecule has 8 nitrogen and oxygen atoms in total. The summed E-state index contributed by atoms with van der Waals surface area (Å²) in [7, 11) is 0. The van der Waals surface area contributed by atoms with Crippen LogP contribution >= 0.6 is 0 Å². The normalized spacial score (nSPS) is 10.1. The van der Waals surface area contributed by atoms with E-state index < -0.39 is 24.3 Å². The highest BCUT2D eigenvalue weighted by Gasteiger charge is 2.09. The summed E-state index contributed by atoms with van der Waals surface area (Å²) in [6.07, 6.45) is 3.07. The Morgan fingerprint density at radius 1 is 1.00 bits per heavy atom. The molecule has 0 aliphatic heterocycles. The number of fused-ring (bicyclic) bond motifs is 1. The highest BCUT2D eigenvalue weighted by molar-refractivity contribution is 5.99. The summed E-state index contributed by atoms with van der Waals surface area (Å²) in [6, 6.07) is 4.79. The highest BCUT2D eigenvalue weighted by Crippen LogP contribution is 2.10. The zero-order valence-corrected chi connectivity index (χ0v) is 10.9. The predicted octanol–water partition coefficient (Wildman–Crippen LogP) is -0.440. The molecular formula is C13H12N4O4. The lowest BCUT2D eigenvalue weighted by molar-refractivity contribution is -0.137. The fourth-order valence-corrected chi connectivity index (χ4v) is 1.60. The summed E-state index contributed by atoms with van der Waals surface area (Å²) in [5.41, 5.74) is 1.57. The van der Waals surface area contributed by atoms with Gasteiger partial charge in [0.1, 0.15) is 6.54 Å². The number of benzene rings is 1. The minimum atomic E-state index is -1.15. The van der Waals surface area contributed by atoms with Crippen molar-refractivity contribution in [2.24, 2.45) is 0 Å². The first-order valence-corrected chi connectivity index (χ1v) is 6.04. The number of rotatable bonds is 5. The molecule has 1 aromatic heterocycles. The molecule has 0 saturated heterocycles. The van der Waals surface area contributed by atoms with Crippen molar-refractivity contribution < 1.29 is 19.5 Å². The monoisotopic (exact) mass is 288 g/mol. The van der Waals surface area contributed by atoms with Crippen LogP contribution < -0.4 is 10.6 Å². The smallest absolute Gasteiger partial charge is 0.322 e. The molecule has 0 fully saturated rings. The van der Waals surface area contributed by atoms with Gasteiger partial charge >= 0.3 is 5.97 Å². The number of carboxylic acid groups (broad SMARTS) is 1. The van der Waals surface area contributed by atoms with E-state index >= 15 is 0 Å². The van der Waals surface area contributed by atoms with Crippen molar-refractivity contribution in [2.75, 3.05) is 13.1 Å². The number of nitrogens with zero attached hydrogens (tertiary/aromatic N) is 2. The number of carboxylic acids is 1. The van der Waals surface area contributed by atoms with Crippen LogP contribution in [0.15, 0.2) is 30.6 Å². The lowest BCUT2D eigenvalue weighted by atomic mass is 10.2.